The summed E-state index contributed by atoms with van der Waals surface area (Å²) >= 11 is 0. The molecule has 33 heavy (non-hydrogen) atoms. The second kappa shape index (κ2) is 10.1. The number of likely N-dealkylation sites (N-methyl/N-ethyl adjacent to an activating group) is 1. The quantitative estimate of drug-likeness (QED) is 0.236. The van der Waals surface area contributed by atoms with Crippen molar-refractivity contribution in [1.29, 1.82) is 0 Å². The Kier molecular flexibility index (Phi) is 6.96. The van der Waals surface area contributed by atoms with Crippen molar-refractivity contribution in [3.05, 3.63) is 65.2 Å². The van der Waals surface area contributed by atoms with Gasteiger partial charge in [-0.15, -0.1) is 0 Å². The van der Waals surface area contributed by atoms with Crippen LogP contribution in [0.4, 0.5) is 0 Å². The zero-order valence-corrected chi connectivity index (χ0v) is 19.3. The highest BCUT2D eigenvalue weighted by molar-refractivity contribution is 6.45. The Labute approximate surface area is 194 Å². The molecule has 0 saturated heterocycles. The molecule has 0 aromatic heterocycles. The summed E-state index contributed by atoms with van der Waals surface area (Å²) in [7, 11) is 2.92. The predicted molar refractivity (Wildman–Crippen MR) is 124 cm³/mol. The van der Waals surface area contributed by atoms with Crippen LogP contribution in [-0.4, -0.2) is 43.4 Å². The van der Waals surface area contributed by atoms with E-state index in [1.165, 1.54) is 50.8 Å². The Hall–Kier alpha value is -3.35. The maximum Gasteiger partial charge on any atom is 0.304 e. The number of ether oxygens (including phenoxy) is 2. The van der Waals surface area contributed by atoms with E-state index in [0.717, 1.165) is 23.1 Å². The van der Waals surface area contributed by atoms with Crippen molar-refractivity contribution in [3.63, 3.8) is 0 Å². The minimum Gasteiger partial charge on any atom is -0.489 e. The number of nitrogens with zero attached hydrogens (tertiary/aromatic N) is 2. The van der Waals surface area contributed by atoms with Gasteiger partial charge in [0.25, 0.3) is 5.91 Å². The molecule has 2 fully saturated rings. The first-order valence-corrected chi connectivity index (χ1v) is 11.3. The zero-order chi connectivity index (χ0) is 23.4. The molecule has 2 aliphatic carbocycles. The maximum absolute atomic E-state index is 13.0. The predicted octanol–water partition coefficient (Wildman–Crippen LogP) is 4.11. The van der Waals surface area contributed by atoms with Crippen LogP contribution in [0.25, 0.3) is 0 Å². The number of carbonyl (C=O) groups excluding carboxylic acids is 2. The summed E-state index contributed by atoms with van der Waals surface area (Å²) < 4.78 is 11.1. The monoisotopic (exact) mass is 450 g/mol. The second-order valence-corrected chi connectivity index (χ2v) is 8.75. The molecule has 2 aromatic carbocycles. The van der Waals surface area contributed by atoms with Crippen molar-refractivity contribution in [3.8, 4) is 5.75 Å². The van der Waals surface area contributed by atoms with Gasteiger partial charge in [-0.05, 0) is 60.3 Å². The Balaban J connectivity index is 1.47. The highest BCUT2D eigenvalue weighted by Crippen LogP contribution is 2.59. The summed E-state index contributed by atoms with van der Waals surface area (Å²) in [6.45, 7) is 1.39. The lowest BCUT2D eigenvalue weighted by Gasteiger charge is -2.19. The molecule has 7 nitrogen and oxygen atoms in total. The summed E-state index contributed by atoms with van der Waals surface area (Å²) in [5.74, 6) is 2.37. The van der Waals surface area contributed by atoms with E-state index < -0.39 is 11.9 Å². The Morgan fingerprint density at radius 1 is 1.12 bits per heavy atom. The largest absolute Gasteiger partial charge is 0.489 e. The molecule has 0 aliphatic heterocycles. The summed E-state index contributed by atoms with van der Waals surface area (Å²) in [6.07, 6.45) is 4.05. The molecule has 2 unspecified atom stereocenters. The topological polar surface area (TPSA) is 77.4 Å². The van der Waals surface area contributed by atoms with Gasteiger partial charge in [0.2, 0.25) is 0 Å². The molecule has 0 N–H and O–H groups in total. The number of hydrogen-bond donors (Lipinski definition) is 0. The van der Waals surface area contributed by atoms with Gasteiger partial charge in [-0.1, -0.05) is 41.6 Å². The van der Waals surface area contributed by atoms with Crippen LogP contribution in [0.5, 0.6) is 5.75 Å². The number of benzene rings is 2. The minimum absolute atomic E-state index is 0.116. The van der Waals surface area contributed by atoms with Crippen LogP contribution in [0.15, 0.2) is 53.7 Å². The van der Waals surface area contributed by atoms with Crippen LogP contribution in [0.2, 0.25) is 0 Å². The lowest BCUT2D eigenvalue weighted by Crippen LogP contribution is -2.36. The van der Waals surface area contributed by atoms with Gasteiger partial charge < -0.3 is 19.2 Å². The third-order valence-electron chi connectivity index (χ3n) is 6.21. The molecular formula is C26H30N2O5. The Morgan fingerprint density at radius 3 is 2.64 bits per heavy atom. The first-order chi connectivity index (χ1) is 16.0. The molecule has 2 saturated carbocycles. The smallest absolute Gasteiger partial charge is 0.304 e. The fourth-order valence-corrected chi connectivity index (χ4v) is 4.24. The molecular weight excluding hydrogens is 420 g/mol. The van der Waals surface area contributed by atoms with Crippen molar-refractivity contribution in [2.24, 2.45) is 17.0 Å². The van der Waals surface area contributed by atoms with Crippen LogP contribution in [0, 0.1) is 11.8 Å². The van der Waals surface area contributed by atoms with Gasteiger partial charge in [0.15, 0.2) is 12.4 Å². The first-order valence-electron chi connectivity index (χ1n) is 11.3. The highest BCUT2D eigenvalue weighted by atomic mass is 16.6. The SMILES string of the molecule is CO/N=C(\C(=O)N(C)COC(C)=O)c1ccccc1COc1cccc(C2CC2C2CC2)c1. The van der Waals surface area contributed by atoms with Crippen LogP contribution in [-0.2, 0) is 25.8 Å². The zero-order valence-electron chi connectivity index (χ0n) is 19.3. The standard InChI is InChI=1S/C26H30N2O5/c1-17(29)33-16-28(2)26(30)25(27-31-3)22-10-5-4-7-20(22)15-32-21-9-6-8-19(13-21)24-14-23(24)18-11-12-18/h4-10,13,18,23-24H,11-12,14-16H2,1-3H3/b27-25-. The van der Waals surface area contributed by atoms with Crippen LogP contribution in [0.1, 0.15) is 48.8 Å². The fourth-order valence-electron chi connectivity index (χ4n) is 4.24. The average molecular weight is 451 g/mol. The van der Waals surface area contributed by atoms with Crippen molar-refractivity contribution < 1.29 is 23.9 Å². The van der Waals surface area contributed by atoms with Gasteiger partial charge in [0.1, 0.15) is 19.5 Å². The molecule has 174 valence electrons. The number of carbonyl (C=O) groups is 2. The number of oxime groups is 1. The summed E-state index contributed by atoms with van der Waals surface area (Å²) in [5.41, 5.74) is 2.87. The Morgan fingerprint density at radius 2 is 1.91 bits per heavy atom. The summed E-state index contributed by atoms with van der Waals surface area (Å²) in [5, 5.41) is 3.96. The van der Waals surface area contributed by atoms with E-state index in [2.05, 4.69) is 17.3 Å². The van der Waals surface area contributed by atoms with Crippen LogP contribution >= 0.6 is 0 Å². The summed E-state index contributed by atoms with van der Waals surface area (Å²) in [6, 6.07) is 15.7. The van der Waals surface area contributed by atoms with Crippen molar-refractivity contribution in [2.75, 3.05) is 20.9 Å². The van der Waals surface area contributed by atoms with Gasteiger partial charge in [-0.2, -0.15) is 0 Å². The van der Waals surface area contributed by atoms with E-state index in [-0.39, 0.29) is 19.0 Å². The van der Waals surface area contributed by atoms with Crippen LogP contribution in [0.3, 0.4) is 0 Å². The van der Waals surface area contributed by atoms with E-state index >= 15 is 0 Å². The lowest BCUT2D eigenvalue weighted by molar-refractivity contribution is -0.147. The van der Waals surface area contributed by atoms with E-state index in [1.807, 2.05) is 30.3 Å². The van der Waals surface area contributed by atoms with Crippen LogP contribution < -0.4 is 4.74 Å². The molecule has 4 rings (SSSR count). The normalized spacial score (nSPS) is 19.5. The third-order valence-corrected chi connectivity index (χ3v) is 6.21. The second-order valence-electron chi connectivity index (χ2n) is 8.75. The van der Waals surface area contributed by atoms with Gasteiger partial charge in [0.05, 0.1) is 0 Å². The molecule has 2 atom stereocenters. The lowest BCUT2D eigenvalue weighted by atomic mass is 10.0. The average Bonchev–Trinajstić information content (AvgIpc) is 3.72. The first kappa shape index (κ1) is 22.8. The number of hydrogen-bond acceptors (Lipinski definition) is 6. The van der Waals surface area contributed by atoms with Crippen molar-refractivity contribution >= 4 is 17.6 Å². The molecule has 0 heterocycles. The molecule has 7 heteroatoms. The number of rotatable bonds is 10. The number of amides is 1. The molecule has 0 bridgehead atoms. The van der Waals surface area contributed by atoms with Gasteiger partial charge >= 0.3 is 5.97 Å². The third kappa shape index (κ3) is 5.72. The Bertz CT molecular complexity index is 1050. The van der Waals surface area contributed by atoms with Gasteiger partial charge in [-0.25, -0.2) is 0 Å². The van der Waals surface area contributed by atoms with Gasteiger partial charge in [-0.3, -0.25) is 9.59 Å². The van der Waals surface area contributed by atoms with E-state index in [1.54, 1.807) is 6.07 Å². The maximum atomic E-state index is 13.0. The van der Waals surface area contributed by atoms with E-state index in [0.29, 0.717) is 11.5 Å². The van der Waals surface area contributed by atoms with E-state index in [4.69, 9.17) is 14.3 Å². The molecule has 2 aromatic rings. The van der Waals surface area contributed by atoms with E-state index in [9.17, 15) is 9.59 Å². The highest BCUT2D eigenvalue weighted by Gasteiger charge is 2.47. The minimum atomic E-state index is -0.467. The fraction of sp³-hybridized carbons (Fsp3) is 0.423. The molecule has 0 spiro atoms. The molecule has 0 radical (unpaired) electrons. The van der Waals surface area contributed by atoms with Gasteiger partial charge in [0, 0.05) is 19.5 Å². The van der Waals surface area contributed by atoms with Crippen molar-refractivity contribution in [2.45, 2.75) is 38.7 Å². The molecule has 2 aliphatic rings. The summed E-state index contributed by atoms with van der Waals surface area (Å²) in [4.78, 5) is 30.3. The van der Waals surface area contributed by atoms with Crippen molar-refractivity contribution in [1.82, 2.24) is 4.90 Å². The molecule has 1 amide bonds. The number of esters is 1.